The van der Waals surface area contributed by atoms with Crippen LogP contribution in [0.25, 0.3) is 11.1 Å². The SMILES string of the molecule is COC1=CC=CC(N(Cc2cccc(-c3cc(OC)c(OC)c(OC)c3)c2)C2CCN(C(=O)OC(C)(C)C)CC2)C1C. The van der Waals surface area contributed by atoms with Crippen molar-refractivity contribution in [2.45, 2.75) is 64.8 Å². The number of methoxy groups -OCH3 is 4. The van der Waals surface area contributed by atoms with Gasteiger partial charge < -0.3 is 28.6 Å². The molecule has 2 aromatic carbocycles. The smallest absolute Gasteiger partial charge is 0.410 e. The molecule has 2 unspecified atom stereocenters. The number of nitrogens with zero attached hydrogens (tertiary/aromatic N) is 2. The molecule has 228 valence electrons. The number of carbonyl (C=O) groups is 1. The fourth-order valence-corrected chi connectivity index (χ4v) is 5.89. The minimum Gasteiger partial charge on any atom is -0.501 e. The van der Waals surface area contributed by atoms with E-state index >= 15 is 0 Å². The average molecular weight is 579 g/mol. The van der Waals surface area contributed by atoms with Crippen LogP contribution >= 0.6 is 0 Å². The predicted octanol–water partition coefficient (Wildman–Crippen LogP) is 6.69. The Morgan fingerprint density at radius 2 is 1.60 bits per heavy atom. The molecule has 0 aromatic heterocycles. The summed E-state index contributed by atoms with van der Waals surface area (Å²) >= 11 is 0. The number of allylic oxidation sites excluding steroid dienone is 2. The van der Waals surface area contributed by atoms with Crippen molar-refractivity contribution in [1.29, 1.82) is 0 Å². The first kappa shape index (κ1) is 31.3. The molecule has 4 rings (SSSR count). The van der Waals surface area contributed by atoms with Gasteiger partial charge in [0.05, 0.1) is 28.4 Å². The molecule has 1 aliphatic heterocycles. The maximum Gasteiger partial charge on any atom is 0.410 e. The Morgan fingerprint density at radius 3 is 2.17 bits per heavy atom. The lowest BCUT2D eigenvalue weighted by Gasteiger charge is -2.44. The molecule has 0 N–H and O–H groups in total. The third-order valence-corrected chi connectivity index (χ3v) is 8.02. The maximum absolute atomic E-state index is 12.8. The first-order valence-corrected chi connectivity index (χ1v) is 14.6. The number of hydrogen-bond donors (Lipinski definition) is 0. The van der Waals surface area contributed by atoms with E-state index in [1.807, 2.05) is 37.8 Å². The van der Waals surface area contributed by atoms with Gasteiger partial charge in [-0.2, -0.15) is 0 Å². The third-order valence-electron chi connectivity index (χ3n) is 8.02. The number of hydrogen-bond acceptors (Lipinski definition) is 7. The molecule has 2 atom stereocenters. The highest BCUT2D eigenvalue weighted by molar-refractivity contribution is 5.71. The molecule has 0 radical (unpaired) electrons. The standard InChI is InChI=1S/C34H46N2O6/c1-23-28(13-10-14-29(23)38-5)36(27-15-17-35(18-16-27)33(37)42-34(2,3)4)22-24-11-9-12-25(19-24)26-20-30(39-6)32(41-8)31(21-26)40-7/h9-14,19-21,23,27-28H,15-18,22H2,1-8H3. The van der Waals surface area contributed by atoms with E-state index in [-0.39, 0.29) is 18.1 Å². The van der Waals surface area contributed by atoms with E-state index in [1.165, 1.54) is 5.56 Å². The molecule has 0 spiro atoms. The lowest BCUT2D eigenvalue weighted by Crippen LogP contribution is -2.52. The van der Waals surface area contributed by atoms with Crippen molar-refractivity contribution in [3.05, 3.63) is 65.9 Å². The van der Waals surface area contributed by atoms with Gasteiger partial charge in [-0.1, -0.05) is 37.3 Å². The van der Waals surface area contributed by atoms with Gasteiger partial charge in [0.15, 0.2) is 11.5 Å². The van der Waals surface area contributed by atoms with Crippen LogP contribution in [0.4, 0.5) is 4.79 Å². The molecular weight excluding hydrogens is 532 g/mol. The normalized spacial score (nSPS) is 19.4. The summed E-state index contributed by atoms with van der Waals surface area (Å²) in [6.07, 6.45) is 7.93. The molecule has 0 saturated carbocycles. The van der Waals surface area contributed by atoms with E-state index in [2.05, 4.69) is 54.3 Å². The Morgan fingerprint density at radius 1 is 0.929 bits per heavy atom. The number of likely N-dealkylation sites (tertiary alicyclic amines) is 1. The van der Waals surface area contributed by atoms with Crippen molar-refractivity contribution in [2.24, 2.45) is 5.92 Å². The number of piperidine rings is 1. The summed E-state index contributed by atoms with van der Waals surface area (Å²) in [4.78, 5) is 17.2. The molecule has 1 heterocycles. The summed E-state index contributed by atoms with van der Waals surface area (Å²) in [7, 11) is 6.61. The zero-order valence-corrected chi connectivity index (χ0v) is 26.3. The summed E-state index contributed by atoms with van der Waals surface area (Å²) in [5.41, 5.74) is 2.74. The summed E-state index contributed by atoms with van der Waals surface area (Å²) < 4.78 is 28.1. The fourth-order valence-electron chi connectivity index (χ4n) is 5.89. The molecule has 1 fully saturated rings. The van der Waals surface area contributed by atoms with Gasteiger partial charge in [0.1, 0.15) is 11.4 Å². The fraction of sp³-hybridized carbons (Fsp3) is 0.500. The van der Waals surface area contributed by atoms with Crippen LogP contribution in [0.3, 0.4) is 0 Å². The van der Waals surface area contributed by atoms with Gasteiger partial charge in [0, 0.05) is 37.6 Å². The first-order valence-electron chi connectivity index (χ1n) is 14.6. The monoisotopic (exact) mass is 578 g/mol. The second-order valence-electron chi connectivity index (χ2n) is 11.9. The van der Waals surface area contributed by atoms with Crippen molar-refractivity contribution >= 4 is 6.09 Å². The largest absolute Gasteiger partial charge is 0.501 e. The van der Waals surface area contributed by atoms with Crippen LogP contribution in [0.1, 0.15) is 46.1 Å². The van der Waals surface area contributed by atoms with E-state index in [0.717, 1.165) is 36.3 Å². The van der Waals surface area contributed by atoms with E-state index in [9.17, 15) is 4.79 Å². The van der Waals surface area contributed by atoms with Crippen LogP contribution < -0.4 is 14.2 Å². The number of benzene rings is 2. The summed E-state index contributed by atoms with van der Waals surface area (Å²) in [5.74, 6) is 2.99. The zero-order valence-electron chi connectivity index (χ0n) is 26.3. The number of ether oxygens (including phenoxy) is 5. The van der Waals surface area contributed by atoms with Crippen molar-refractivity contribution in [3.63, 3.8) is 0 Å². The first-order chi connectivity index (χ1) is 20.1. The van der Waals surface area contributed by atoms with Crippen LogP contribution in [0.15, 0.2) is 60.4 Å². The van der Waals surface area contributed by atoms with Crippen molar-refractivity contribution in [3.8, 4) is 28.4 Å². The quantitative estimate of drug-likeness (QED) is 0.329. The van der Waals surface area contributed by atoms with E-state index in [0.29, 0.717) is 36.4 Å². The van der Waals surface area contributed by atoms with E-state index in [4.69, 9.17) is 23.7 Å². The Kier molecular flexibility index (Phi) is 10.1. The molecule has 2 aliphatic rings. The van der Waals surface area contributed by atoms with Gasteiger partial charge in [-0.25, -0.2) is 4.79 Å². The number of amides is 1. The van der Waals surface area contributed by atoms with E-state index < -0.39 is 5.60 Å². The highest BCUT2D eigenvalue weighted by Gasteiger charge is 2.35. The minimum atomic E-state index is -0.506. The lowest BCUT2D eigenvalue weighted by molar-refractivity contribution is 0.00883. The molecule has 1 aliphatic carbocycles. The van der Waals surface area contributed by atoms with Crippen LogP contribution in [-0.2, 0) is 16.0 Å². The molecule has 2 aromatic rings. The topological polar surface area (TPSA) is 69.7 Å². The third kappa shape index (κ3) is 7.21. The Labute approximate surface area is 250 Å². The Balaban J connectivity index is 1.61. The molecule has 0 bridgehead atoms. The second kappa shape index (κ2) is 13.6. The zero-order chi connectivity index (χ0) is 30.4. The highest BCUT2D eigenvalue weighted by atomic mass is 16.6. The van der Waals surface area contributed by atoms with Crippen molar-refractivity contribution in [2.75, 3.05) is 41.5 Å². The average Bonchev–Trinajstić information content (AvgIpc) is 2.98. The van der Waals surface area contributed by atoms with Gasteiger partial charge in [0.2, 0.25) is 5.75 Å². The molecule has 8 nitrogen and oxygen atoms in total. The number of carbonyl (C=O) groups excluding carboxylic acids is 1. The molecule has 8 heteroatoms. The molecule has 42 heavy (non-hydrogen) atoms. The van der Waals surface area contributed by atoms with Crippen LogP contribution in [0, 0.1) is 5.92 Å². The minimum absolute atomic E-state index is 0.160. The molecule has 1 saturated heterocycles. The van der Waals surface area contributed by atoms with Gasteiger partial charge >= 0.3 is 6.09 Å². The molecule has 1 amide bonds. The predicted molar refractivity (Wildman–Crippen MR) is 165 cm³/mol. The van der Waals surface area contributed by atoms with Gasteiger partial charge in [0.25, 0.3) is 0 Å². The Hall–Kier alpha value is -3.65. The van der Waals surface area contributed by atoms with Gasteiger partial charge in [-0.15, -0.1) is 0 Å². The second-order valence-corrected chi connectivity index (χ2v) is 11.9. The summed E-state index contributed by atoms with van der Waals surface area (Å²) in [6, 6.07) is 13.0. The van der Waals surface area contributed by atoms with Gasteiger partial charge in [-0.3, -0.25) is 4.90 Å². The van der Waals surface area contributed by atoms with Crippen molar-refractivity contribution in [1.82, 2.24) is 9.80 Å². The van der Waals surface area contributed by atoms with E-state index in [1.54, 1.807) is 28.4 Å². The summed E-state index contributed by atoms with van der Waals surface area (Å²) in [5, 5.41) is 0. The van der Waals surface area contributed by atoms with Gasteiger partial charge in [-0.05, 0) is 74.6 Å². The van der Waals surface area contributed by atoms with Crippen LogP contribution in [-0.4, -0.2) is 75.1 Å². The Bertz CT molecular complexity index is 1260. The summed E-state index contributed by atoms with van der Waals surface area (Å²) in [6.45, 7) is 10.0. The molecular formula is C34H46N2O6. The van der Waals surface area contributed by atoms with Crippen LogP contribution in [0.2, 0.25) is 0 Å². The van der Waals surface area contributed by atoms with Crippen molar-refractivity contribution < 1.29 is 28.5 Å². The highest BCUT2D eigenvalue weighted by Crippen LogP contribution is 2.41. The number of rotatable bonds is 9. The lowest BCUT2D eigenvalue weighted by atomic mass is 9.89. The van der Waals surface area contributed by atoms with Crippen LogP contribution in [0.5, 0.6) is 17.2 Å². The maximum atomic E-state index is 12.8.